The van der Waals surface area contributed by atoms with Crippen LogP contribution in [0.4, 0.5) is 0 Å². The molecule has 0 bridgehead atoms. The lowest BCUT2D eigenvalue weighted by Gasteiger charge is -2.04. The van der Waals surface area contributed by atoms with Crippen molar-refractivity contribution in [1.82, 2.24) is 34.6 Å². The molecule has 5 rings (SSSR count). The second-order valence-electron chi connectivity index (χ2n) is 7.00. The van der Waals surface area contributed by atoms with Gasteiger partial charge in [0.15, 0.2) is 11.5 Å². The van der Waals surface area contributed by atoms with E-state index in [9.17, 15) is 0 Å². The topological polar surface area (TPSA) is 73.8 Å². The van der Waals surface area contributed by atoms with Crippen LogP contribution in [0.5, 0.6) is 0 Å². The summed E-state index contributed by atoms with van der Waals surface area (Å²) < 4.78 is 3.73. The molecule has 0 aliphatic heterocycles. The molecular formula is C18H19N7S. The zero-order valence-corrected chi connectivity index (χ0v) is 15.9. The van der Waals surface area contributed by atoms with Gasteiger partial charge in [-0.2, -0.15) is 14.7 Å². The summed E-state index contributed by atoms with van der Waals surface area (Å²) in [5.41, 5.74) is 4.91. The smallest absolute Gasteiger partial charge is 0.180 e. The molecule has 1 aliphatic rings. The molecule has 1 aliphatic carbocycles. The van der Waals surface area contributed by atoms with Crippen LogP contribution in [0.3, 0.4) is 0 Å². The molecule has 0 saturated heterocycles. The SMILES string of the molecule is Cc1ncc(C2CC2c2cc(-c3cc(C)c4nnc(C)n4n3)n(C)n2)s1. The van der Waals surface area contributed by atoms with Crippen molar-refractivity contribution in [3.05, 3.63) is 45.3 Å². The summed E-state index contributed by atoms with van der Waals surface area (Å²) in [6.07, 6.45) is 3.16. The van der Waals surface area contributed by atoms with Crippen molar-refractivity contribution in [3.63, 3.8) is 0 Å². The lowest BCUT2D eigenvalue weighted by molar-refractivity contribution is 0.742. The molecule has 0 amide bonds. The molecule has 0 spiro atoms. The Hall–Kier alpha value is -2.61. The fourth-order valence-electron chi connectivity index (χ4n) is 3.55. The van der Waals surface area contributed by atoms with Crippen LogP contribution in [0.15, 0.2) is 18.3 Å². The van der Waals surface area contributed by atoms with Crippen molar-refractivity contribution in [1.29, 1.82) is 0 Å². The van der Waals surface area contributed by atoms with E-state index in [2.05, 4.69) is 34.2 Å². The summed E-state index contributed by atoms with van der Waals surface area (Å²) in [4.78, 5) is 5.76. The molecule has 7 nitrogen and oxygen atoms in total. The summed E-state index contributed by atoms with van der Waals surface area (Å²) in [5, 5.41) is 18.9. The van der Waals surface area contributed by atoms with E-state index < -0.39 is 0 Å². The molecule has 26 heavy (non-hydrogen) atoms. The van der Waals surface area contributed by atoms with Crippen molar-refractivity contribution < 1.29 is 0 Å². The van der Waals surface area contributed by atoms with Crippen molar-refractivity contribution in [2.24, 2.45) is 7.05 Å². The monoisotopic (exact) mass is 365 g/mol. The Labute approximate surface area is 154 Å². The summed E-state index contributed by atoms with van der Waals surface area (Å²) in [5.74, 6) is 1.83. The first-order valence-corrected chi connectivity index (χ1v) is 9.49. The van der Waals surface area contributed by atoms with Crippen LogP contribution >= 0.6 is 11.3 Å². The van der Waals surface area contributed by atoms with E-state index in [0.29, 0.717) is 11.8 Å². The second-order valence-corrected chi connectivity index (χ2v) is 8.27. The number of fused-ring (bicyclic) bond motifs is 1. The van der Waals surface area contributed by atoms with Gasteiger partial charge in [0, 0.05) is 30.0 Å². The Balaban J connectivity index is 1.51. The average molecular weight is 365 g/mol. The van der Waals surface area contributed by atoms with Crippen LogP contribution in [0.25, 0.3) is 17.0 Å². The van der Waals surface area contributed by atoms with E-state index in [4.69, 9.17) is 10.2 Å². The van der Waals surface area contributed by atoms with E-state index >= 15 is 0 Å². The molecule has 0 N–H and O–H groups in total. The van der Waals surface area contributed by atoms with Crippen molar-refractivity contribution in [2.45, 2.75) is 39.0 Å². The Morgan fingerprint density at radius 1 is 1.08 bits per heavy atom. The quantitative estimate of drug-likeness (QED) is 0.557. The van der Waals surface area contributed by atoms with Crippen LogP contribution in [0.1, 0.15) is 45.2 Å². The highest BCUT2D eigenvalue weighted by atomic mass is 32.1. The Bertz CT molecular complexity index is 1140. The summed E-state index contributed by atoms with van der Waals surface area (Å²) in [7, 11) is 1.98. The number of nitrogens with zero attached hydrogens (tertiary/aromatic N) is 7. The van der Waals surface area contributed by atoms with Crippen molar-refractivity contribution in [3.8, 4) is 11.4 Å². The fraction of sp³-hybridized carbons (Fsp3) is 0.389. The first kappa shape index (κ1) is 15.6. The standard InChI is InChI=1S/C18H19N7S/c1-9-5-15(23-25-10(2)20-21-18(9)25)16-7-14(22-24(16)4)12-6-13(12)17-8-19-11(3)26-17/h5,7-8,12-13H,6H2,1-4H3. The summed E-state index contributed by atoms with van der Waals surface area (Å²) in [6, 6.07) is 4.23. The number of aromatic nitrogens is 7. The van der Waals surface area contributed by atoms with E-state index in [1.807, 2.05) is 31.8 Å². The third-order valence-electron chi connectivity index (χ3n) is 5.05. The Morgan fingerprint density at radius 3 is 2.69 bits per heavy atom. The van der Waals surface area contributed by atoms with Gasteiger partial charge < -0.3 is 0 Å². The maximum Gasteiger partial charge on any atom is 0.180 e. The molecule has 4 aromatic heterocycles. The molecule has 132 valence electrons. The number of thiazole rings is 1. The highest BCUT2D eigenvalue weighted by molar-refractivity contribution is 7.11. The lowest BCUT2D eigenvalue weighted by Crippen LogP contribution is -2.02. The molecule has 4 aromatic rings. The minimum absolute atomic E-state index is 0.483. The van der Waals surface area contributed by atoms with Crippen LogP contribution in [-0.4, -0.2) is 34.6 Å². The zero-order chi connectivity index (χ0) is 18.0. The Morgan fingerprint density at radius 2 is 1.92 bits per heavy atom. The molecule has 4 heterocycles. The number of hydrogen-bond acceptors (Lipinski definition) is 6. The first-order valence-electron chi connectivity index (χ1n) is 8.67. The molecule has 0 radical (unpaired) electrons. The number of hydrogen-bond donors (Lipinski definition) is 0. The highest BCUT2D eigenvalue weighted by Gasteiger charge is 2.42. The van der Waals surface area contributed by atoms with E-state index in [1.54, 1.807) is 15.9 Å². The van der Waals surface area contributed by atoms with Gasteiger partial charge >= 0.3 is 0 Å². The third-order valence-corrected chi connectivity index (χ3v) is 6.09. The number of aryl methyl sites for hydroxylation is 4. The minimum Gasteiger partial charge on any atom is -0.266 e. The van der Waals surface area contributed by atoms with Crippen molar-refractivity contribution in [2.75, 3.05) is 0 Å². The maximum absolute atomic E-state index is 4.77. The molecule has 2 unspecified atom stereocenters. The first-order chi connectivity index (χ1) is 12.5. The van der Waals surface area contributed by atoms with Crippen molar-refractivity contribution >= 4 is 17.0 Å². The predicted octanol–water partition coefficient (Wildman–Crippen LogP) is 3.18. The van der Waals surface area contributed by atoms with E-state index in [0.717, 1.165) is 45.5 Å². The predicted molar refractivity (Wildman–Crippen MR) is 99.4 cm³/mol. The van der Waals surface area contributed by atoms with Gasteiger partial charge in [0.1, 0.15) is 5.69 Å². The number of rotatable bonds is 3. The van der Waals surface area contributed by atoms with Crippen LogP contribution in [0, 0.1) is 20.8 Å². The maximum atomic E-state index is 4.77. The summed E-state index contributed by atoms with van der Waals surface area (Å²) >= 11 is 1.79. The molecule has 1 fully saturated rings. The van der Waals surface area contributed by atoms with Gasteiger partial charge in [0.25, 0.3) is 0 Å². The average Bonchev–Trinajstić information content (AvgIpc) is 2.91. The molecule has 2 atom stereocenters. The van der Waals surface area contributed by atoms with E-state index in [1.165, 1.54) is 4.88 Å². The van der Waals surface area contributed by atoms with Crippen LogP contribution in [-0.2, 0) is 7.05 Å². The second kappa shape index (κ2) is 5.44. The molecule has 8 heteroatoms. The highest BCUT2D eigenvalue weighted by Crippen LogP contribution is 2.55. The summed E-state index contributed by atoms with van der Waals surface area (Å²) in [6.45, 7) is 6.01. The Kier molecular flexibility index (Phi) is 3.27. The zero-order valence-electron chi connectivity index (χ0n) is 15.1. The normalized spacial score (nSPS) is 19.4. The van der Waals surface area contributed by atoms with Gasteiger partial charge in [-0.25, -0.2) is 4.98 Å². The van der Waals surface area contributed by atoms with Gasteiger partial charge in [-0.3, -0.25) is 4.68 Å². The molecule has 0 aromatic carbocycles. The fourth-order valence-corrected chi connectivity index (χ4v) is 4.51. The van der Waals surface area contributed by atoms with Gasteiger partial charge in [0.2, 0.25) is 0 Å². The van der Waals surface area contributed by atoms with Gasteiger partial charge in [0.05, 0.1) is 16.4 Å². The van der Waals surface area contributed by atoms with Crippen LogP contribution < -0.4 is 0 Å². The van der Waals surface area contributed by atoms with Gasteiger partial charge in [-0.05, 0) is 44.9 Å². The van der Waals surface area contributed by atoms with E-state index in [-0.39, 0.29) is 0 Å². The largest absolute Gasteiger partial charge is 0.266 e. The van der Waals surface area contributed by atoms with Crippen LogP contribution in [0.2, 0.25) is 0 Å². The van der Waals surface area contributed by atoms with Gasteiger partial charge in [-0.1, -0.05) is 0 Å². The molecule has 1 saturated carbocycles. The molecular weight excluding hydrogens is 346 g/mol. The van der Waals surface area contributed by atoms with Gasteiger partial charge in [-0.15, -0.1) is 21.5 Å². The third kappa shape index (κ3) is 2.36. The minimum atomic E-state index is 0.483. The lowest BCUT2D eigenvalue weighted by atomic mass is 10.2.